The molecule has 4 rings (SSSR count). The highest BCUT2D eigenvalue weighted by atomic mass is 16.5. The third-order valence-corrected chi connectivity index (χ3v) is 6.34. The minimum Gasteiger partial charge on any atom is -0.379 e. The van der Waals surface area contributed by atoms with Crippen LogP contribution in [-0.4, -0.2) is 88.0 Å². The van der Waals surface area contributed by atoms with E-state index in [1.165, 1.54) is 19.3 Å². The van der Waals surface area contributed by atoms with Crippen LogP contribution >= 0.6 is 0 Å². The average molecular weight is 407 g/mol. The van der Waals surface area contributed by atoms with Crippen molar-refractivity contribution in [3.05, 3.63) is 5.82 Å². The lowest BCUT2D eigenvalue weighted by atomic mass is 9.85. The molecule has 3 heterocycles. The van der Waals surface area contributed by atoms with Crippen molar-refractivity contribution in [2.24, 2.45) is 5.92 Å². The normalized spacial score (nSPS) is 23.2. The molecule has 3 fully saturated rings. The van der Waals surface area contributed by atoms with Crippen molar-refractivity contribution in [1.82, 2.24) is 30.0 Å². The van der Waals surface area contributed by atoms with E-state index in [0.29, 0.717) is 18.9 Å². The number of carbonyl (C=O) groups is 1. The molecule has 1 aliphatic carbocycles. The van der Waals surface area contributed by atoms with Gasteiger partial charge in [-0.25, -0.2) is 4.68 Å². The maximum atomic E-state index is 12.9. The summed E-state index contributed by atoms with van der Waals surface area (Å²) < 4.78 is 13.0. The number of hydrogen-bond donors (Lipinski definition) is 0. The molecule has 2 aliphatic heterocycles. The van der Waals surface area contributed by atoms with Crippen molar-refractivity contribution in [2.75, 3.05) is 46.0 Å². The maximum absolute atomic E-state index is 12.9. The first-order valence-electron chi connectivity index (χ1n) is 11.2. The van der Waals surface area contributed by atoms with Crippen LogP contribution in [0.15, 0.2) is 0 Å². The topological polar surface area (TPSA) is 85.6 Å². The second-order valence-corrected chi connectivity index (χ2v) is 8.54. The van der Waals surface area contributed by atoms with Gasteiger partial charge < -0.3 is 14.4 Å². The number of amides is 1. The van der Waals surface area contributed by atoms with Crippen molar-refractivity contribution in [3.8, 4) is 0 Å². The Balaban J connectivity index is 1.24. The van der Waals surface area contributed by atoms with Gasteiger partial charge in [-0.2, -0.15) is 0 Å². The molecule has 0 spiro atoms. The van der Waals surface area contributed by atoms with Crippen LogP contribution in [0.25, 0.3) is 0 Å². The van der Waals surface area contributed by atoms with Gasteiger partial charge in [0.1, 0.15) is 0 Å². The summed E-state index contributed by atoms with van der Waals surface area (Å²) in [5.41, 5.74) is 0. The van der Waals surface area contributed by atoms with E-state index in [2.05, 4.69) is 25.3 Å². The molecule has 1 atom stereocenters. The minimum atomic E-state index is 0.221. The summed E-state index contributed by atoms with van der Waals surface area (Å²) in [5, 5.41) is 12.1. The molecule has 9 heteroatoms. The molecular weight excluding hydrogens is 372 g/mol. The molecule has 1 aromatic heterocycles. The van der Waals surface area contributed by atoms with E-state index in [1.54, 1.807) is 0 Å². The van der Waals surface area contributed by atoms with Gasteiger partial charge in [0.05, 0.1) is 25.9 Å². The van der Waals surface area contributed by atoms with Gasteiger partial charge in [0.15, 0.2) is 5.82 Å². The van der Waals surface area contributed by atoms with Crippen LogP contribution in [0.2, 0.25) is 0 Å². The molecule has 2 saturated heterocycles. The molecule has 29 heavy (non-hydrogen) atoms. The molecule has 9 nitrogen and oxygen atoms in total. The molecule has 0 aromatic carbocycles. The van der Waals surface area contributed by atoms with E-state index >= 15 is 0 Å². The van der Waals surface area contributed by atoms with Gasteiger partial charge in [0.25, 0.3) is 0 Å². The van der Waals surface area contributed by atoms with Crippen molar-refractivity contribution >= 4 is 5.91 Å². The highest BCUT2D eigenvalue weighted by molar-refractivity contribution is 5.76. The summed E-state index contributed by atoms with van der Waals surface area (Å²) in [4.78, 5) is 17.3. The number of rotatable bonds is 10. The van der Waals surface area contributed by atoms with Gasteiger partial charge >= 0.3 is 0 Å². The Hall–Kier alpha value is -1.58. The molecular formula is C20H34N6O3. The van der Waals surface area contributed by atoms with Crippen LogP contribution < -0.4 is 0 Å². The number of ether oxygens (including phenoxy) is 2. The Kier molecular flexibility index (Phi) is 7.45. The molecule has 0 unspecified atom stereocenters. The number of nitrogens with zero attached hydrogens (tertiary/aromatic N) is 6. The summed E-state index contributed by atoms with van der Waals surface area (Å²) in [6.45, 7) is 7.23. The third kappa shape index (κ3) is 5.96. The number of carbonyl (C=O) groups excluding carboxylic acids is 1. The van der Waals surface area contributed by atoms with Crippen molar-refractivity contribution in [1.29, 1.82) is 0 Å². The molecule has 0 bridgehead atoms. The van der Waals surface area contributed by atoms with Gasteiger partial charge in [-0.15, -0.1) is 5.10 Å². The van der Waals surface area contributed by atoms with Crippen LogP contribution in [0.4, 0.5) is 0 Å². The molecule has 3 aliphatic rings. The van der Waals surface area contributed by atoms with E-state index in [0.717, 1.165) is 77.6 Å². The Morgan fingerprint density at radius 1 is 1.10 bits per heavy atom. The zero-order valence-corrected chi connectivity index (χ0v) is 17.4. The minimum absolute atomic E-state index is 0.221. The van der Waals surface area contributed by atoms with Gasteiger partial charge in [-0.1, -0.05) is 6.42 Å². The largest absolute Gasteiger partial charge is 0.379 e. The van der Waals surface area contributed by atoms with E-state index in [4.69, 9.17) is 9.47 Å². The van der Waals surface area contributed by atoms with E-state index in [-0.39, 0.29) is 12.0 Å². The van der Waals surface area contributed by atoms with Crippen LogP contribution in [0.3, 0.4) is 0 Å². The standard InChI is InChI=1S/C20H34N6O3/c27-20(25(14-17-4-1-5-17)15-18-6-3-11-29-18)7-2-8-26-19(21-22-23-26)16-24-9-12-28-13-10-24/h17-18H,1-16H2/t18-/m1/s1. The fraction of sp³-hybridized carbons (Fsp3) is 0.900. The Bertz CT molecular complexity index is 638. The third-order valence-electron chi connectivity index (χ3n) is 6.34. The van der Waals surface area contributed by atoms with Gasteiger partial charge in [-0.05, 0) is 48.4 Å². The van der Waals surface area contributed by atoms with Crippen LogP contribution in [-0.2, 0) is 27.4 Å². The maximum Gasteiger partial charge on any atom is 0.222 e. The molecule has 0 radical (unpaired) electrons. The fourth-order valence-corrected chi connectivity index (χ4v) is 4.31. The first-order chi connectivity index (χ1) is 14.3. The van der Waals surface area contributed by atoms with Crippen LogP contribution in [0, 0.1) is 5.92 Å². The summed E-state index contributed by atoms with van der Waals surface area (Å²) in [7, 11) is 0. The molecule has 162 valence electrons. The van der Waals surface area contributed by atoms with Crippen LogP contribution in [0.1, 0.15) is 50.8 Å². The van der Waals surface area contributed by atoms with Crippen molar-refractivity contribution in [3.63, 3.8) is 0 Å². The smallest absolute Gasteiger partial charge is 0.222 e. The second kappa shape index (κ2) is 10.4. The lowest BCUT2D eigenvalue weighted by molar-refractivity contribution is -0.134. The summed E-state index contributed by atoms with van der Waals surface area (Å²) in [6.07, 6.45) is 7.51. The van der Waals surface area contributed by atoms with Gasteiger partial charge in [-0.3, -0.25) is 9.69 Å². The van der Waals surface area contributed by atoms with E-state index in [1.807, 2.05) is 4.68 Å². The highest BCUT2D eigenvalue weighted by Crippen LogP contribution is 2.28. The second-order valence-electron chi connectivity index (χ2n) is 8.54. The molecule has 1 saturated carbocycles. The monoisotopic (exact) mass is 406 g/mol. The lowest BCUT2D eigenvalue weighted by Gasteiger charge is -2.33. The Morgan fingerprint density at radius 2 is 1.97 bits per heavy atom. The lowest BCUT2D eigenvalue weighted by Crippen LogP contribution is -2.41. The SMILES string of the molecule is O=C(CCCn1nnnc1CN1CCOCC1)N(CC1CCC1)C[C@H]1CCCO1. The average Bonchev–Trinajstić information content (AvgIpc) is 3.36. The zero-order chi connectivity index (χ0) is 19.9. The van der Waals surface area contributed by atoms with Gasteiger partial charge in [0, 0.05) is 45.8 Å². The molecule has 0 N–H and O–H groups in total. The predicted molar refractivity (Wildman–Crippen MR) is 106 cm³/mol. The fourth-order valence-electron chi connectivity index (χ4n) is 4.31. The summed E-state index contributed by atoms with van der Waals surface area (Å²) in [5.74, 6) is 1.79. The zero-order valence-electron chi connectivity index (χ0n) is 17.4. The Morgan fingerprint density at radius 3 is 2.69 bits per heavy atom. The highest BCUT2D eigenvalue weighted by Gasteiger charge is 2.27. The number of morpholine rings is 1. The van der Waals surface area contributed by atoms with E-state index < -0.39 is 0 Å². The number of aromatic nitrogens is 4. The number of hydrogen-bond acceptors (Lipinski definition) is 7. The van der Waals surface area contributed by atoms with Crippen molar-refractivity contribution in [2.45, 2.75) is 64.1 Å². The first kappa shape index (κ1) is 20.7. The molecule has 1 amide bonds. The summed E-state index contributed by atoms with van der Waals surface area (Å²) >= 11 is 0. The van der Waals surface area contributed by atoms with Gasteiger partial charge in [0.2, 0.25) is 5.91 Å². The van der Waals surface area contributed by atoms with Crippen LogP contribution in [0.5, 0.6) is 0 Å². The number of tetrazole rings is 1. The predicted octanol–water partition coefficient (Wildman–Crippen LogP) is 1.09. The molecule has 1 aromatic rings. The quantitative estimate of drug-likeness (QED) is 0.575. The first-order valence-corrected chi connectivity index (χ1v) is 11.2. The van der Waals surface area contributed by atoms with Crippen molar-refractivity contribution < 1.29 is 14.3 Å². The summed E-state index contributed by atoms with van der Waals surface area (Å²) in [6, 6.07) is 0. The Labute approximate surface area is 172 Å². The van der Waals surface area contributed by atoms with E-state index in [9.17, 15) is 4.79 Å². The number of aryl methyl sites for hydroxylation is 1.